The molecule has 0 amide bonds. The summed E-state index contributed by atoms with van der Waals surface area (Å²) >= 11 is 0. The first-order valence-corrected chi connectivity index (χ1v) is 7.16. The Hall–Kier alpha value is -2.43. The summed E-state index contributed by atoms with van der Waals surface area (Å²) in [5.41, 5.74) is 4.04. The van der Waals surface area contributed by atoms with Crippen molar-refractivity contribution in [2.24, 2.45) is 5.10 Å². The monoisotopic (exact) mass is 304 g/mol. The van der Waals surface area contributed by atoms with E-state index in [4.69, 9.17) is 4.74 Å². The number of halogens is 2. The van der Waals surface area contributed by atoms with Crippen LogP contribution >= 0.6 is 0 Å². The number of nitrogens with zero attached hydrogens (tertiary/aromatic N) is 1. The van der Waals surface area contributed by atoms with Crippen molar-refractivity contribution >= 4 is 11.9 Å². The number of hydrogen-bond donors (Lipinski definition) is 1. The molecule has 0 spiro atoms. The van der Waals surface area contributed by atoms with Crippen molar-refractivity contribution in [3.05, 3.63) is 59.7 Å². The Morgan fingerprint density at radius 2 is 1.95 bits per heavy atom. The van der Waals surface area contributed by atoms with Gasteiger partial charge in [0.25, 0.3) is 0 Å². The normalized spacial score (nSPS) is 10.9. The molecule has 0 bridgehead atoms. The van der Waals surface area contributed by atoms with Gasteiger partial charge in [0.05, 0.1) is 18.5 Å². The average molecular weight is 304 g/mol. The maximum Gasteiger partial charge on any atom is 0.200 e. The molecule has 0 saturated heterocycles. The van der Waals surface area contributed by atoms with Crippen molar-refractivity contribution in [3.8, 4) is 5.75 Å². The van der Waals surface area contributed by atoms with Crippen molar-refractivity contribution in [3.63, 3.8) is 0 Å². The van der Waals surface area contributed by atoms with Crippen molar-refractivity contribution < 1.29 is 13.5 Å². The molecule has 5 heteroatoms. The van der Waals surface area contributed by atoms with Gasteiger partial charge >= 0.3 is 0 Å². The largest absolute Gasteiger partial charge is 0.490 e. The van der Waals surface area contributed by atoms with Crippen molar-refractivity contribution in [2.75, 3.05) is 12.0 Å². The Morgan fingerprint density at radius 1 is 1.18 bits per heavy atom. The number of nitrogens with one attached hydrogen (secondary N) is 1. The van der Waals surface area contributed by atoms with E-state index in [9.17, 15) is 8.78 Å². The van der Waals surface area contributed by atoms with Gasteiger partial charge in [-0.3, -0.25) is 5.43 Å². The second kappa shape index (κ2) is 8.12. The molecule has 0 heterocycles. The van der Waals surface area contributed by atoms with Gasteiger partial charge < -0.3 is 4.74 Å². The summed E-state index contributed by atoms with van der Waals surface area (Å²) in [7, 11) is 0. The van der Waals surface area contributed by atoms with Crippen LogP contribution in [0.3, 0.4) is 0 Å². The smallest absolute Gasteiger partial charge is 0.200 e. The quantitative estimate of drug-likeness (QED) is 0.461. The van der Waals surface area contributed by atoms with Gasteiger partial charge in [-0.2, -0.15) is 9.49 Å². The predicted molar refractivity (Wildman–Crippen MR) is 84.4 cm³/mol. The Labute approximate surface area is 128 Å². The van der Waals surface area contributed by atoms with E-state index in [0.717, 1.165) is 24.6 Å². The molecule has 2 rings (SSSR count). The van der Waals surface area contributed by atoms with Gasteiger partial charge in [0.15, 0.2) is 11.6 Å². The lowest BCUT2D eigenvalue weighted by Crippen LogP contribution is -2.02. The minimum atomic E-state index is -0.968. The molecule has 0 aliphatic heterocycles. The van der Waals surface area contributed by atoms with Gasteiger partial charge in [0, 0.05) is 5.56 Å². The van der Waals surface area contributed by atoms with E-state index in [-0.39, 0.29) is 5.75 Å². The van der Waals surface area contributed by atoms with E-state index >= 15 is 0 Å². The molecule has 0 unspecified atom stereocenters. The highest BCUT2D eigenvalue weighted by atomic mass is 19.2. The van der Waals surface area contributed by atoms with Gasteiger partial charge in [0.1, 0.15) is 0 Å². The van der Waals surface area contributed by atoms with Crippen LogP contribution in [-0.4, -0.2) is 12.8 Å². The standard InChI is InChI=1S/C17H18F2N2O/c1-2-3-9-22-16-11-13(10-15(18)17(16)19)12-20-21-14-7-5-4-6-8-14/h4-8,10-12,21H,2-3,9H2,1H3. The molecule has 0 aromatic heterocycles. The van der Waals surface area contributed by atoms with Crippen molar-refractivity contribution in [1.29, 1.82) is 0 Å². The predicted octanol–water partition coefficient (Wildman–Crippen LogP) is 4.59. The fraction of sp³-hybridized carbons (Fsp3) is 0.235. The number of para-hydroxylation sites is 1. The van der Waals surface area contributed by atoms with Gasteiger partial charge in [-0.15, -0.1) is 0 Å². The summed E-state index contributed by atoms with van der Waals surface area (Å²) in [6.45, 7) is 2.36. The number of unbranched alkanes of at least 4 members (excludes halogenated alkanes) is 1. The Bertz CT molecular complexity index is 630. The van der Waals surface area contributed by atoms with Gasteiger partial charge in [-0.05, 0) is 30.7 Å². The molecule has 0 atom stereocenters. The van der Waals surface area contributed by atoms with Gasteiger partial charge in [0.2, 0.25) is 5.82 Å². The van der Waals surface area contributed by atoms with E-state index in [1.165, 1.54) is 12.3 Å². The number of benzene rings is 2. The molecule has 0 fully saturated rings. The summed E-state index contributed by atoms with van der Waals surface area (Å²) in [6, 6.07) is 11.8. The van der Waals surface area contributed by atoms with Crippen LogP contribution in [0.25, 0.3) is 0 Å². The number of hydrazone groups is 1. The molecule has 3 nitrogen and oxygen atoms in total. The average Bonchev–Trinajstić information content (AvgIpc) is 2.53. The Balaban J connectivity index is 2.07. The zero-order valence-corrected chi connectivity index (χ0v) is 12.4. The molecule has 116 valence electrons. The van der Waals surface area contributed by atoms with E-state index in [0.29, 0.717) is 12.2 Å². The van der Waals surface area contributed by atoms with Gasteiger partial charge in [-0.1, -0.05) is 31.5 Å². The van der Waals surface area contributed by atoms with Crippen LogP contribution < -0.4 is 10.2 Å². The maximum absolute atomic E-state index is 13.6. The highest BCUT2D eigenvalue weighted by Crippen LogP contribution is 2.22. The number of ether oxygens (including phenoxy) is 1. The number of anilines is 1. The van der Waals surface area contributed by atoms with Crippen molar-refractivity contribution in [2.45, 2.75) is 19.8 Å². The molecule has 2 aromatic carbocycles. The molecular formula is C17H18F2N2O. The summed E-state index contributed by atoms with van der Waals surface area (Å²) in [5.74, 6) is -2.01. The first-order chi connectivity index (χ1) is 10.7. The van der Waals surface area contributed by atoms with Crippen LogP contribution in [0.15, 0.2) is 47.6 Å². The third-order valence-electron chi connectivity index (χ3n) is 2.95. The van der Waals surface area contributed by atoms with Crippen molar-refractivity contribution in [1.82, 2.24) is 0 Å². The number of rotatable bonds is 7. The third-order valence-corrected chi connectivity index (χ3v) is 2.95. The third kappa shape index (κ3) is 4.55. The van der Waals surface area contributed by atoms with Crippen LogP contribution in [0.5, 0.6) is 5.75 Å². The first kappa shape index (κ1) is 15.9. The Kier molecular flexibility index (Phi) is 5.89. The Morgan fingerprint density at radius 3 is 2.68 bits per heavy atom. The topological polar surface area (TPSA) is 33.6 Å². The molecule has 22 heavy (non-hydrogen) atoms. The second-order valence-electron chi connectivity index (χ2n) is 4.75. The zero-order valence-electron chi connectivity index (χ0n) is 12.4. The minimum Gasteiger partial charge on any atom is -0.490 e. The van der Waals surface area contributed by atoms with Crippen LogP contribution in [0.4, 0.5) is 14.5 Å². The van der Waals surface area contributed by atoms with E-state index in [1.54, 1.807) is 0 Å². The number of hydrogen-bond acceptors (Lipinski definition) is 3. The lowest BCUT2D eigenvalue weighted by molar-refractivity contribution is 0.288. The van der Waals surface area contributed by atoms with Crippen LogP contribution in [0.1, 0.15) is 25.3 Å². The lowest BCUT2D eigenvalue weighted by Gasteiger charge is -2.08. The first-order valence-electron chi connectivity index (χ1n) is 7.16. The molecular weight excluding hydrogens is 286 g/mol. The van der Waals surface area contributed by atoms with E-state index in [2.05, 4.69) is 10.5 Å². The highest BCUT2D eigenvalue weighted by Gasteiger charge is 2.11. The summed E-state index contributed by atoms with van der Waals surface area (Å²) in [4.78, 5) is 0. The molecule has 0 aliphatic rings. The van der Waals surface area contributed by atoms with Crippen LogP contribution in [0, 0.1) is 11.6 Å². The lowest BCUT2D eigenvalue weighted by atomic mass is 10.2. The molecule has 2 aromatic rings. The SMILES string of the molecule is CCCCOc1cc(C=NNc2ccccc2)cc(F)c1F. The molecule has 0 saturated carbocycles. The highest BCUT2D eigenvalue weighted by molar-refractivity contribution is 5.81. The van der Waals surface area contributed by atoms with E-state index in [1.807, 2.05) is 37.3 Å². The summed E-state index contributed by atoms with van der Waals surface area (Å²) in [6.07, 6.45) is 3.13. The molecule has 1 N–H and O–H groups in total. The van der Waals surface area contributed by atoms with Crippen LogP contribution in [-0.2, 0) is 0 Å². The van der Waals surface area contributed by atoms with Gasteiger partial charge in [-0.25, -0.2) is 4.39 Å². The van der Waals surface area contributed by atoms with Crippen LogP contribution in [0.2, 0.25) is 0 Å². The second-order valence-corrected chi connectivity index (χ2v) is 4.75. The maximum atomic E-state index is 13.6. The van der Waals surface area contributed by atoms with E-state index < -0.39 is 11.6 Å². The zero-order chi connectivity index (χ0) is 15.8. The summed E-state index contributed by atoms with van der Waals surface area (Å²) in [5, 5.41) is 4.00. The molecule has 0 aliphatic carbocycles. The fourth-order valence-corrected chi connectivity index (χ4v) is 1.78. The fourth-order valence-electron chi connectivity index (χ4n) is 1.78. The molecule has 0 radical (unpaired) electrons. The summed E-state index contributed by atoms with van der Waals surface area (Å²) < 4.78 is 32.5. The minimum absolute atomic E-state index is 0.0883.